The molecule has 0 aromatic heterocycles. The van der Waals surface area contributed by atoms with Crippen molar-refractivity contribution in [3.8, 4) is 0 Å². The summed E-state index contributed by atoms with van der Waals surface area (Å²) in [6.07, 6.45) is 7.37. The van der Waals surface area contributed by atoms with Crippen LogP contribution in [-0.2, 0) is 32.3 Å². The largest absolute Gasteiger partial charge is 0.330 e. The van der Waals surface area contributed by atoms with Crippen LogP contribution in [0, 0.1) is 0 Å². The van der Waals surface area contributed by atoms with E-state index in [9.17, 15) is 19.2 Å². The van der Waals surface area contributed by atoms with Gasteiger partial charge in [-0.2, -0.15) is 0 Å². The number of carbonyl (C=O) groups excluding carboxylic acids is 4. The lowest BCUT2D eigenvalue weighted by Gasteiger charge is -2.15. The molecule has 0 aliphatic carbocycles. The molecule has 1 saturated heterocycles. The first kappa shape index (κ1) is 30.6. The van der Waals surface area contributed by atoms with E-state index in [1.54, 1.807) is 0 Å². The van der Waals surface area contributed by atoms with Crippen LogP contribution >= 0.6 is 0 Å². The Morgan fingerprint density at radius 3 is 1.71 bits per heavy atom. The quantitative estimate of drug-likeness (QED) is 0.366. The minimum Gasteiger partial charge on any atom is -0.330 e. The molecule has 0 bridgehead atoms. The van der Waals surface area contributed by atoms with Crippen molar-refractivity contribution in [2.45, 2.75) is 65.1 Å². The summed E-state index contributed by atoms with van der Waals surface area (Å²) in [5.41, 5.74) is 7.08. The molecule has 0 spiro atoms. The second-order valence-corrected chi connectivity index (χ2v) is 9.09. The molecular formula is C30H40N4O4. The van der Waals surface area contributed by atoms with Gasteiger partial charge in [0.15, 0.2) is 0 Å². The van der Waals surface area contributed by atoms with Crippen LogP contribution in [0.2, 0.25) is 0 Å². The maximum Gasteiger partial charge on any atom is 0.253 e. The molecule has 2 aromatic carbocycles. The van der Waals surface area contributed by atoms with Crippen molar-refractivity contribution < 1.29 is 19.2 Å². The van der Waals surface area contributed by atoms with E-state index in [-0.39, 0.29) is 36.1 Å². The molecule has 0 saturated carbocycles. The Hall–Kier alpha value is -3.62. The van der Waals surface area contributed by atoms with Gasteiger partial charge < -0.3 is 11.1 Å². The third-order valence-corrected chi connectivity index (χ3v) is 5.99. The van der Waals surface area contributed by atoms with Gasteiger partial charge >= 0.3 is 0 Å². The van der Waals surface area contributed by atoms with Gasteiger partial charge in [-0.15, -0.1) is 0 Å². The highest BCUT2D eigenvalue weighted by Crippen LogP contribution is 2.16. The molecule has 3 N–H and O–H groups in total. The second kappa shape index (κ2) is 17.0. The van der Waals surface area contributed by atoms with Crippen LogP contribution < -0.4 is 11.1 Å². The molecule has 8 nitrogen and oxygen atoms in total. The molecule has 1 atom stereocenters. The van der Waals surface area contributed by atoms with E-state index in [1.165, 1.54) is 34.8 Å². The Labute approximate surface area is 225 Å². The van der Waals surface area contributed by atoms with Gasteiger partial charge in [0.1, 0.15) is 0 Å². The highest BCUT2D eigenvalue weighted by molar-refractivity contribution is 6.12. The number of amides is 4. The molecule has 4 amide bonds. The number of benzene rings is 2. The Bertz CT molecular complexity index is 1040. The van der Waals surface area contributed by atoms with Gasteiger partial charge in [-0.1, -0.05) is 87.4 Å². The second-order valence-electron chi connectivity index (χ2n) is 9.09. The van der Waals surface area contributed by atoms with Gasteiger partial charge in [0.2, 0.25) is 11.8 Å². The zero-order valence-corrected chi connectivity index (χ0v) is 22.5. The van der Waals surface area contributed by atoms with Gasteiger partial charge in [0, 0.05) is 12.2 Å². The lowest BCUT2D eigenvalue weighted by Crippen LogP contribution is -2.38. The van der Waals surface area contributed by atoms with Gasteiger partial charge in [-0.3, -0.25) is 29.0 Å². The number of unbranched alkanes of at least 4 members (excludes halogenated alkanes) is 2. The fourth-order valence-electron chi connectivity index (χ4n) is 3.78. The van der Waals surface area contributed by atoms with Gasteiger partial charge in [-0.25, -0.2) is 0 Å². The summed E-state index contributed by atoms with van der Waals surface area (Å²) < 4.78 is 0. The van der Waals surface area contributed by atoms with Crippen LogP contribution in [0.4, 0.5) is 0 Å². The van der Waals surface area contributed by atoms with Gasteiger partial charge in [0.25, 0.3) is 11.8 Å². The van der Waals surface area contributed by atoms with E-state index in [4.69, 9.17) is 5.73 Å². The topological polar surface area (TPSA) is 113 Å². The van der Waals surface area contributed by atoms with Gasteiger partial charge in [-0.05, 0) is 37.1 Å². The van der Waals surface area contributed by atoms with E-state index in [0.29, 0.717) is 13.1 Å². The monoisotopic (exact) mass is 520 g/mol. The van der Waals surface area contributed by atoms with E-state index in [2.05, 4.69) is 19.2 Å². The lowest BCUT2D eigenvalue weighted by atomic mass is 10.2. The van der Waals surface area contributed by atoms with Crippen molar-refractivity contribution in [3.05, 3.63) is 83.9 Å². The maximum absolute atomic E-state index is 12.2. The van der Waals surface area contributed by atoms with Crippen molar-refractivity contribution in [2.24, 2.45) is 5.73 Å². The smallest absolute Gasteiger partial charge is 0.253 e. The standard InChI is InChI=1S/C15H20N2O2.C11H9NO2.C4H11N/c1-2-3-9-16-13-10-14(18)17(15(13)19)11-12-7-5-4-6-8-12;13-10-6-7-11(14)12(10)8-9-4-2-1-3-5-9;1-2-3-4-5/h4-8,13,16H,2-3,9-11H2,1H3;1-7H,8H2;2-5H2,1H3. The van der Waals surface area contributed by atoms with Crippen molar-refractivity contribution in [2.75, 3.05) is 13.1 Å². The third-order valence-electron chi connectivity index (χ3n) is 5.99. The number of carbonyl (C=O) groups is 4. The fraction of sp³-hybridized carbons (Fsp3) is 0.400. The minimum atomic E-state index is -0.331. The molecule has 2 heterocycles. The predicted octanol–water partition coefficient (Wildman–Crippen LogP) is 3.56. The van der Waals surface area contributed by atoms with E-state index < -0.39 is 0 Å². The number of nitrogens with zero attached hydrogens (tertiary/aromatic N) is 2. The van der Waals surface area contributed by atoms with Crippen LogP contribution in [0.25, 0.3) is 0 Å². The zero-order valence-electron chi connectivity index (χ0n) is 22.5. The summed E-state index contributed by atoms with van der Waals surface area (Å²) in [5.74, 6) is -0.648. The Morgan fingerprint density at radius 1 is 0.763 bits per heavy atom. The molecule has 2 aromatic rings. The molecule has 0 radical (unpaired) electrons. The van der Waals surface area contributed by atoms with Crippen LogP contribution in [-0.4, -0.2) is 52.6 Å². The summed E-state index contributed by atoms with van der Waals surface area (Å²) in [5, 5.41) is 3.17. The molecule has 1 fully saturated rings. The Kier molecular flexibility index (Phi) is 13.7. The predicted molar refractivity (Wildman–Crippen MR) is 148 cm³/mol. The van der Waals surface area contributed by atoms with E-state index in [0.717, 1.165) is 37.1 Å². The SMILES string of the molecule is CCCCN.CCCCNC1CC(=O)N(Cc2ccccc2)C1=O.O=C1C=CC(=O)N1Cc1ccccc1. The van der Waals surface area contributed by atoms with E-state index in [1.807, 2.05) is 60.7 Å². The summed E-state index contributed by atoms with van der Waals surface area (Å²) >= 11 is 0. The zero-order chi connectivity index (χ0) is 27.8. The summed E-state index contributed by atoms with van der Waals surface area (Å²) in [6, 6.07) is 18.7. The highest BCUT2D eigenvalue weighted by Gasteiger charge is 2.37. The molecule has 1 unspecified atom stereocenters. The number of rotatable bonds is 10. The number of nitrogens with one attached hydrogen (secondary N) is 1. The third kappa shape index (κ3) is 10.0. The molecule has 8 heteroatoms. The van der Waals surface area contributed by atoms with Crippen LogP contribution in [0.5, 0.6) is 0 Å². The van der Waals surface area contributed by atoms with Crippen LogP contribution in [0.3, 0.4) is 0 Å². The Morgan fingerprint density at radius 2 is 1.26 bits per heavy atom. The molecule has 2 aliphatic rings. The van der Waals surface area contributed by atoms with Crippen molar-refractivity contribution in [3.63, 3.8) is 0 Å². The van der Waals surface area contributed by atoms with Crippen LogP contribution in [0.15, 0.2) is 72.8 Å². The van der Waals surface area contributed by atoms with Gasteiger partial charge in [0.05, 0.1) is 25.6 Å². The Balaban J connectivity index is 0.000000234. The first-order valence-corrected chi connectivity index (χ1v) is 13.3. The van der Waals surface area contributed by atoms with Crippen molar-refractivity contribution >= 4 is 23.6 Å². The average molecular weight is 521 g/mol. The molecule has 204 valence electrons. The fourth-order valence-corrected chi connectivity index (χ4v) is 3.78. The van der Waals surface area contributed by atoms with Crippen molar-refractivity contribution in [1.29, 1.82) is 0 Å². The molecular weight excluding hydrogens is 480 g/mol. The summed E-state index contributed by atoms with van der Waals surface area (Å²) in [4.78, 5) is 49.0. The molecule has 38 heavy (non-hydrogen) atoms. The molecule has 4 rings (SSSR count). The first-order chi connectivity index (χ1) is 18.4. The highest BCUT2D eigenvalue weighted by atomic mass is 16.2. The number of imide groups is 2. The number of nitrogens with two attached hydrogens (primary N) is 1. The normalized spacial score (nSPS) is 16.3. The summed E-state index contributed by atoms with van der Waals surface area (Å²) in [6.45, 7) is 6.60. The summed E-state index contributed by atoms with van der Waals surface area (Å²) in [7, 11) is 0. The molecule has 2 aliphatic heterocycles. The van der Waals surface area contributed by atoms with E-state index >= 15 is 0 Å². The number of likely N-dealkylation sites (tertiary alicyclic amines) is 1. The van der Waals surface area contributed by atoms with Crippen LogP contribution in [0.1, 0.15) is 57.1 Å². The first-order valence-electron chi connectivity index (χ1n) is 13.3. The number of hydrogen-bond donors (Lipinski definition) is 2. The number of hydrogen-bond acceptors (Lipinski definition) is 6. The maximum atomic E-state index is 12.2. The lowest BCUT2D eigenvalue weighted by molar-refractivity contribution is -0.140. The van der Waals surface area contributed by atoms with Crippen molar-refractivity contribution in [1.82, 2.24) is 15.1 Å². The average Bonchev–Trinajstić information content (AvgIpc) is 3.39. The minimum absolute atomic E-state index is 0.0807.